The van der Waals surface area contributed by atoms with Gasteiger partial charge < -0.3 is 14.1 Å². The molecule has 0 atom stereocenters. The van der Waals surface area contributed by atoms with Crippen LogP contribution in [0.15, 0.2) is 59.3 Å². The van der Waals surface area contributed by atoms with Gasteiger partial charge in [-0.2, -0.15) is 0 Å². The fourth-order valence-corrected chi connectivity index (χ4v) is 2.45. The van der Waals surface area contributed by atoms with Crippen molar-refractivity contribution in [2.24, 2.45) is 0 Å². The highest BCUT2D eigenvalue weighted by atomic mass is 16.5. The lowest BCUT2D eigenvalue weighted by atomic mass is 10.2. The first-order chi connectivity index (χ1) is 12.2. The second-order valence-corrected chi connectivity index (χ2v) is 5.45. The summed E-state index contributed by atoms with van der Waals surface area (Å²) in [5.74, 6) is 1.39. The lowest BCUT2D eigenvalue weighted by molar-refractivity contribution is 0.0526. The normalized spacial score (nSPS) is 10.5. The molecule has 3 rings (SSSR count). The molecule has 128 valence electrons. The topological polar surface area (TPSA) is 68.5 Å². The molecule has 0 radical (unpaired) electrons. The van der Waals surface area contributed by atoms with E-state index in [4.69, 9.17) is 9.15 Å². The van der Waals surface area contributed by atoms with Crippen molar-refractivity contribution in [3.05, 3.63) is 66.2 Å². The lowest BCUT2D eigenvalue weighted by Gasteiger charge is -2.20. The highest BCUT2D eigenvalue weighted by Gasteiger charge is 2.20. The van der Waals surface area contributed by atoms with E-state index in [1.807, 2.05) is 54.4 Å². The molecule has 6 nitrogen and oxygen atoms in total. The van der Waals surface area contributed by atoms with Crippen molar-refractivity contribution in [3.63, 3.8) is 0 Å². The maximum absolute atomic E-state index is 12.3. The van der Waals surface area contributed by atoms with E-state index in [9.17, 15) is 4.79 Å². The number of benzene rings is 1. The molecule has 0 aliphatic rings. The highest BCUT2D eigenvalue weighted by Crippen LogP contribution is 2.23. The van der Waals surface area contributed by atoms with Crippen molar-refractivity contribution in [2.45, 2.75) is 13.5 Å². The third-order valence-electron chi connectivity index (χ3n) is 3.63. The second-order valence-electron chi connectivity index (χ2n) is 5.45. The predicted octanol–water partition coefficient (Wildman–Crippen LogP) is 3.55. The molecule has 0 N–H and O–H groups in total. The maximum atomic E-state index is 12.3. The van der Waals surface area contributed by atoms with Gasteiger partial charge in [0.05, 0.1) is 19.4 Å². The van der Waals surface area contributed by atoms with E-state index in [1.165, 1.54) is 6.20 Å². The monoisotopic (exact) mass is 337 g/mol. The number of rotatable bonds is 6. The van der Waals surface area contributed by atoms with E-state index >= 15 is 0 Å². The second kappa shape index (κ2) is 7.61. The van der Waals surface area contributed by atoms with Crippen LogP contribution in [-0.2, 0) is 11.3 Å². The Bertz CT molecular complexity index is 832. The first-order valence-corrected chi connectivity index (χ1v) is 8.02. The summed E-state index contributed by atoms with van der Waals surface area (Å²) in [5, 5.41) is 0. The van der Waals surface area contributed by atoms with Crippen LogP contribution in [-0.4, -0.2) is 29.6 Å². The number of hydrogen-bond donors (Lipinski definition) is 0. The Kier molecular flexibility index (Phi) is 5.09. The highest BCUT2D eigenvalue weighted by molar-refractivity contribution is 5.94. The minimum absolute atomic E-state index is 0.292. The number of furan rings is 1. The molecule has 0 fully saturated rings. The smallest absolute Gasteiger partial charge is 0.343 e. The molecule has 0 amide bonds. The summed E-state index contributed by atoms with van der Waals surface area (Å²) in [7, 11) is 1.85. The van der Waals surface area contributed by atoms with E-state index in [-0.39, 0.29) is 0 Å². The van der Waals surface area contributed by atoms with Crippen molar-refractivity contribution < 1.29 is 13.9 Å². The van der Waals surface area contributed by atoms with Crippen molar-refractivity contribution in [1.82, 2.24) is 9.97 Å². The molecule has 0 aliphatic carbocycles. The van der Waals surface area contributed by atoms with Gasteiger partial charge in [-0.1, -0.05) is 30.3 Å². The zero-order valence-corrected chi connectivity index (χ0v) is 14.2. The molecule has 3 aromatic rings. The fourth-order valence-electron chi connectivity index (χ4n) is 2.45. The van der Waals surface area contributed by atoms with Gasteiger partial charge in [-0.15, -0.1) is 0 Å². The summed E-state index contributed by atoms with van der Waals surface area (Å²) < 4.78 is 10.5. The number of carbonyl (C=O) groups is 1. The standard InChI is InChI=1S/C19H19N3O3/c1-3-24-19(23)16-12-20-17(14-8-5-4-6-9-14)21-18(16)22(2)13-15-10-7-11-25-15/h4-12H,3,13H2,1-2H3. The van der Waals surface area contributed by atoms with Gasteiger partial charge in [0.2, 0.25) is 0 Å². The number of hydrogen-bond acceptors (Lipinski definition) is 6. The Hall–Kier alpha value is -3.15. The number of nitrogens with zero attached hydrogens (tertiary/aromatic N) is 3. The fraction of sp³-hybridized carbons (Fsp3) is 0.211. The largest absolute Gasteiger partial charge is 0.467 e. The summed E-state index contributed by atoms with van der Waals surface area (Å²) in [6.45, 7) is 2.54. The molecule has 0 aliphatic heterocycles. The quantitative estimate of drug-likeness (QED) is 0.641. The Balaban J connectivity index is 1.99. The van der Waals surface area contributed by atoms with Crippen LogP contribution in [0.3, 0.4) is 0 Å². The SMILES string of the molecule is CCOC(=O)c1cnc(-c2ccccc2)nc1N(C)Cc1ccco1. The average molecular weight is 337 g/mol. The van der Waals surface area contributed by atoms with Gasteiger partial charge in [0.1, 0.15) is 17.1 Å². The zero-order valence-electron chi connectivity index (χ0n) is 14.2. The third-order valence-corrected chi connectivity index (χ3v) is 3.63. The van der Waals surface area contributed by atoms with Gasteiger partial charge in [-0.3, -0.25) is 0 Å². The first-order valence-electron chi connectivity index (χ1n) is 8.02. The van der Waals surface area contributed by atoms with E-state index < -0.39 is 5.97 Å². The molecule has 25 heavy (non-hydrogen) atoms. The van der Waals surface area contributed by atoms with Crippen molar-refractivity contribution >= 4 is 11.8 Å². The molecule has 6 heteroatoms. The third kappa shape index (κ3) is 3.85. The molecule has 2 heterocycles. The molecular formula is C19H19N3O3. The minimum Gasteiger partial charge on any atom is -0.467 e. The predicted molar refractivity (Wildman–Crippen MR) is 94.2 cm³/mol. The Morgan fingerprint density at radius 1 is 1.20 bits per heavy atom. The Labute approximate surface area is 146 Å². The van der Waals surface area contributed by atoms with Crippen molar-refractivity contribution in [1.29, 1.82) is 0 Å². The molecule has 0 unspecified atom stereocenters. The van der Waals surface area contributed by atoms with E-state index in [1.54, 1.807) is 13.2 Å². The molecule has 0 spiro atoms. The number of esters is 1. The van der Waals surface area contributed by atoms with Crippen LogP contribution in [0.25, 0.3) is 11.4 Å². The van der Waals surface area contributed by atoms with Crippen molar-refractivity contribution in [2.75, 3.05) is 18.6 Å². The molecule has 0 bridgehead atoms. The number of ether oxygens (including phenoxy) is 1. The molecule has 0 saturated carbocycles. The van der Waals surface area contributed by atoms with Crippen LogP contribution in [0.5, 0.6) is 0 Å². The summed E-state index contributed by atoms with van der Waals surface area (Å²) >= 11 is 0. The first kappa shape index (κ1) is 16.7. The molecule has 0 saturated heterocycles. The van der Waals surface area contributed by atoms with Gasteiger partial charge in [0.15, 0.2) is 5.82 Å². The average Bonchev–Trinajstić information content (AvgIpc) is 3.15. The van der Waals surface area contributed by atoms with Crippen LogP contribution in [0, 0.1) is 0 Å². The van der Waals surface area contributed by atoms with Gasteiger partial charge in [-0.05, 0) is 19.1 Å². The summed E-state index contributed by atoms with van der Waals surface area (Å²) in [5.41, 5.74) is 1.21. The van der Waals surface area contributed by atoms with Crippen LogP contribution < -0.4 is 4.90 Å². The van der Waals surface area contributed by atoms with Gasteiger partial charge in [0.25, 0.3) is 0 Å². The molecular weight excluding hydrogens is 318 g/mol. The Morgan fingerprint density at radius 2 is 2.00 bits per heavy atom. The van der Waals surface area contributed by atoms with Gasteiger partial charge in [0, 0.05) is 18.8 Å². The van der Waals surface area contributed by atoms with Crippen LogP contribution in [0.1, 0.15) is 23.0 Å². The van der Waals surface area contributed by atoms with Crippen LogP contribution in [0.4, 0.5) is 5.82 Å². The lowest BCUT2D eigenvalue weighted by Crippen LogP contribution is -2.22. The summed E-state index contributed by atoms with van der Waals surface area (Å²) in [6.07, 6.45) is 3.13. The zero-order chi connectivity index (χ0) is 17.6. The number of carbonyl (C=O) groups excluding carboxylic acids is 1. The number of anilines is 1. The molecule has 2 aromatic heterocycles. The Morgan fingerprint density at radius 3 is 2.68 bits per heavy atom. The minimum atomic E-state index is -0.441. The van der Waals surface area contributed by atoms with Crippen LogP contribution in [0.2, 0.25) is 0 Å². The summed E-state index contributed by atoms with van der Waals surface area (Å²) in [6, 6.07) is 13.3. The van der Waals surface area contributed by atoms with E-state index in [0.717, 1.165) is 11.3 Å². The number of aromatic nitrogens is 2. The van der Waals surface area contributed by atoms with Crippen molar-refractivity contribution in [3.8, 4) is 11.4 Å². The van der Waals surface area contributed by atoms with Gasteiger partial charge >= 0.3 is 5.97 Å². The van der Waals surface area contributed by atoms with E-state index in [2.05, 4.69) is 9.97 Å². The van der Waals surface area contributed by atoms with Gasteiger partial charge in [-0.25, -0.2) is 14.8 Å². The maximum Gasteiger partial charge on any atom is 0.343 e. The molecule has 1 aromatic carbocycles. The van der Waals surface area contributed by atoms with E-state index in [0.29, 0.717) is 30.4 Å². The van der Waals surface area contributed by atoms with Crippen LogP contribution >= 0.6 is 0 Å². The summed E-state index contributed by atoms with van der Waals surface area (Å²) in [4.78, 5) is 23.0.